The quantitative estimate of drug-likeness (QED) is 0.0401. The molecule has 0 aliphatic carbocycles. The highest BCUT2D eigenvalue weighted by Crippen LogP contribution is 2.21. The summed E-state index contributed by atoms with van der Waals surface area (Å²) in [5.74, 6) is -7.66. The first-order valence-electron chi connectivity index (χ1n) is 21.4. The summed E-state index contributed by atoms with van der Waals surface area (Å²) >= 11 is -7.18. The van der Waals surface area contributed by atoms with E-state index in [1.165, 1.54) is 51.0 Å². The van der Waals surface area contributed by atoms with Crippen LogP contribution in [-0.4, -0.2) is 66.1 Å². The third-order valence-corrected chi connectivity index (χ3v) is 12.3. The molecule has 2 aliphatic rings. The van der Waals surface area contributed by atoms with Gasteiger partial charge in [0.05, 0.1) is 37.0 Å². The molecule has 2 aliphatic heterocycles. The minimum absolute atomic E-state index is 0.234. The maximum atomic E-state index is 13.4. The lowest BCUT2D eigenvalue weighted by atomic mass is 10.0. The summed E-state index contributed by atoms with van der Waals surface area (Å²) in [6.07, 6.45) is 31.5. The molecule has 3 unspecified atom stereocenters. The molecule has 0 saturated carbocycles. The fourth-order valence-electron chi connectivity index (χ4n) is 6.29. The van der Waals surface area contributed by atoms with E-state index < -0.39 is 90.3 Å². The average molecular weight is 817 g/mol. The second-order valence-corrected chi connectivity index (χ2v) is 17.3. The summed E-state index contributed by atoms with van der Waals surface area (Å²) in [7, 11) is 0. The van der Waals surface area contributed by atoms with Crippen LogP contribution in [0.4, 0.5) is 0 Å². The predicted octanol–water partition coefficient (Wildman–Crippen LogP) is 9.18. The summed E-state index contributed by atoms with van der Waals surface area (Å²) < 4.78 is 32.0. The molecule has 312 valence electrons. The van der Waals surface area contributed by atoms with Crippen LogP contribution in [0.1, 0.15) is 175 Å². The molecule has 0 radical (unpaired) electrons. The van der Waals surface area contributed by atoms with E-state index in [1.54, 1.807) is 18.2 Å². The number of hydrogen-bond donors (Lipinski definition) is 0. The fraction of sp³-hybridized carbons (Fsp3) is 0.714. The normalized spacial score (nSPS) is 18.4. The predicted molar refractivity (Wildman–Crippen MR) is 214 cm³/mol. The Balaban J connectivity index is 1.99. The fourth-order valence-corrected chi connectivity index (χ4v) is 8.61. The van der Waals surface area contributed by atoms with Gasteiger partial charge in [0.1, 0.15) is 0 Å². The monoisotopic (exact) mass is 816 g/mol. The number of carbonyl (C=O) groups is 6. The molecule has 56 heavy (non-hydrogen) atoms. The molecule has 2 heterocycles. The minimum Gasteiger partial charge on any atom is -0.551 e. The van der Waals surface area contributed by atoms with Crippen LogP contribution in [0.2, 0.25) is 0 Å². The van der Waals surface area contributed by atoms with Crippen molar-refractivity contribution in [1.82, 2.24) is 0 Å². The molecule has 12 nitrogen and oxygen atoms in total. The Hall–Kier alpha value is -2.90. The van der Waals surface area contributed by atoms with Crippen molar-refractivity contribution in [3.05, 3.63) is 36.5 Å². The first kappa shape index (κ1) is 49.3. The van der Waals surface area contributed by atoms with Gasteiger partial charge in [0.25, 0.3) is 35.8 Å². The van der Waals surface area contributed by atoms with Crippen molar-refractivity contribution in [2.75, 3.05) is 0 Å². The zero-order chi connectivity index (χ0) is 40.8. The van der Waals surface area contributed by atoms with Crippen LogP contribution in [-0.2, 0) is 51.5 Å². The van der Waals surface area contributed by atoms with E-state index in [-0.39, 0.29) is 12.8 Å². The van der Waals surface area contributed by atoms with Crippen LogP contribution in [0.25, 0.3) is 0 Å². The molecule has 2 saturated heterocycles. The van der Waals surface area contributed by atoms with Gasteiger partial charge in [0, 0.05) is 0 Å². The van der Waals surface area contributed by atoms with E-state index in [0.29, 0.717) is 6.42 Å². The first-order chi connectivity index (χ1) is 27.2. The topological polar surface area (TPSA) is 158 Å². The second-order valence-electron chi connectivity index (χ2n) is 14.7. The highest BCUT2D eigenvalue weighted by Gasteiger charge is 2.54. The molecule has 0 spiro atoms. The molecule has 2 rings (SSSR count). The van der Waals surface area contributed by atoms with Gasteiger partial charge in [-0.2, -0.15) is 0 Å². The lowest BCUT2D eigenvalue weighted by Crippen LogP contribution is -2.36. The van der Waals surface area contributed by atoms with E-state index in [2.05, 4.69) is 20.8 Å². The minimum atomic E-state index is -3.61. The van der Waals surface area contributed by atoms with Gasteiger partial charge in [0.2, 0.25) is 0 Å². The molecule has 0 N–H and O–H groups in total. The standard InChI is InChI=1S/3C14H24O4.2Al/c3*1-2-3-4-5-6-7-8-9-10-12(14(17)18)11-13(15)16;;/h3*9-10,12H,2-8,11H2,1H3,(H,15,16)(H,17,18);;/q;;;2*+3/p-6. The molecule has 0 aromatic carbocycles. The van der Waals surface area contributed by atoms with Gasteiger partial charge in [0.15, 0.2) is 0 Å². The Morgan fingerprint density at radius 1 is 0.571 bits per heavy atom. The zero-order valence-electron chi connectivity index (χ0n) is 34.2. The molecular weight excluding hydrogens is 750 g/mol. The lowest BCUT2D eigenvalue weighted by molar-refractivity contribution is -0.152. The van der Waals surface area contributed by atoms with Crippen molar-refractivity contribution in [2.45, 2.75) is 175 Å². The molecular formula is C42H66Al2O12. The largest absolute Gasteiger partial charge is 1.20 e. The summed E-state index contributed by atoms with van der Waals surface area (Å²) in [6, 6.07) is 0. The number of hydrogen-bond acceptors (Lipinski definition) is 12. The first-order valence-corrected chi connectivity index (χ1v) is 24.2. The van der Waals surface area contributed by atoms with Crippen molar-refractivity contribution in [1.29, 1.82) is 0 Å². The van der Waals surface area contributed by atoms with E-state index in [0.717, 1.165) is 83.5 Å². The van der Waals surface area contributed by atoms with Crippen LogP contribution < -0.4 is 0 Å². The van der Waals surface area contributed by atoms with Crippen molar-refractivity contribution < 1.29 is 51.5 Å². The van der Waals surface area contributed by atoms with Gasteiger partial charge in [-0.1, -0.05) is 154 Å². The van der Waals surface area contributed by atoms with Gasteiger partial charge in [-0.3, -0.25) is 28.8 Å². The molecule has 0 aromatic heterocycles. The maximum absolute atomic E-state index is 13.4. The number of rotatable bonds is 29. The van der Waals surface area contributed by atoms with Gasteiger partial charge < -0.3 is 22.7 Å². The van der Waals surface area contributed by atoms with E-state index in [1.807, 2.05) is 12.2 Å². The Morgan fingerprint density at radius 2 is 0.964 bits per heavy atom. The molecule has 0 bridgehead atoms. The van der Waals surface area contributed by atoms with Crippen LogP contribution in [0, 0.1) is 17.8 Å². The maximum Gasteiger partial charge on any atom is 1.20 e. The highest BCUT2D eigenvalue weighted by molar-refractivity contribution is 6.45. The summed E-state index contributed by atoms with van der Waals surface area (Å²) in [6.45, 7) is 6.49. The SMILES string of the molecule is CCCCCCCCC=CC1CC(=O)[O][Al]([O]C(=O)CC(C=CCCCCCCCC)C(=O)[O][Al]2[O]C(=O)CC(C=CCCCCCCCC)C(=O)[O]2)[O]C1=O. The van der Waals surface area contributed by atoms with Crippen LogP contribution >= 0.6 is 0 Å². The molecule has 0 amide bonds. The summed E-state index contributed by atoms with van der Waals surface area (Å²) in [4.78, 5) is 77.4. The van der Waals surface area contributed by atoms with Crippen molar-refractivity contribution >= 4 is 66.1 Å². The van der Waals surface area contributed by atoms with Crippen LogP contribution in [0.3, 0.4) is 0 Å². The molecule has 0 aromatic rings. The Morgan fingerprint density at radius 3 is 1.41 bits per heavy atom. The Labute approximate surface area is 345 Å². The average Bonchev–Trinajstić information content (AvgIpc) is 3.38. The molecule has 14 heteroatoms. The second kappa shape index (κ2) is 31.1. The third kappa shape index (κ3) is 22.7. The van der Waals surface area contributed by atoms with Crippen LogP contribution in [0.15, 0.2) is 36.5 Å². The van der Waals surface area contributed by atoms with E-state index in [9.17, 15) is 28.8 Å². The molecule has 2 fully saturated rings. The number of allylic oxidation sites excluding steroid dienone is 3. The van der Waals surface area contributed by atoms with Gasteiger partial charge in [-0.05, 0) is 38.5 Å². The third-order valence-electron chi connectivity index (χ3n) is 9.67. The lowest BCUT2D eigenvalue weighted by Gasteiger charge is -2.16. The summed E-state index contributed by atoms with van der Waals surface area (Å²) in [5, 5.41) is 0. The van der Waals surface area contributed by atoms with Crippen molar-refractivity contribution in [2.24, 2.45) is 17.8 Å². The van der Waals surface area contributed by atoms with Crippen molar-refractivity contribution in [3.63, 3.8) is 0 Å². The number of carbonyl (C=O) groups excluding carboxylic acids is 6. The Kier molecular flexibility index (Phi) is 27.4. The van der Waals surface area contributed by atoms with E-state index in [4.69, 9.17) is 22.7 Å². The highest BCUT2D eigenvalue weighted by atomic mass is 27.3. The van der Waals surface area contributed by atoms with Gasteiger partial charge in [-0.15, -0.1) is 0 Å². The number of unbranched alkanes of at least 4 members (excludes halogenated alkanes) is 18. The zero-order valence-corrected chi connectivity index (χ0v) is 36.5. The van der Waals surface area contributed by atoms with Crippen LogP contribution in [0.5, 0.6) is 0 Å². The smallest absolute Gasteiger partial charge is 0.551 e. The molecule has 3 atom stereocenters. The Bertz CT molecular complexity index is 1280. The van der Waals surface area contributed by atoms with Gasteiger partial charge >= 0.3 is 30.3 Å². The summed E-state index contributed by atoms with van der Waals surface area (Å²) in [5.41, 5.74) is 0. The van der Waals surface area contributed by atoms with Crippen molar-refractivity contribution in [3.8, 4) is 0 Å². The van der Waals surface area contributed by atoms with Gasteiger partial charge in [-0.25, -0.2) is 0 Å². The van der Waals surface area contributed by atoms with E-state index >= 15 is 0 Å².